The Hall–Kier alpha value is -1.71. The van der Waals surface area contributed by atoms with Crippen LogP contribution in [-0.2, 0) is 4.79 Å². The molecule has 1 unspecified atom stereocenters. The SMILES string of the molecule is CC(CC(=O)NC1CC1)c1ccc2c(c1)OCCO2. The largest absolute Gasteiger partial charge is 0.486 e. The van der Waals surface area contributed by atoms with Crippen molar-refractivity contribution in [3.05, 3.63) is 23.8 Å². The third-order valence-electron chi connectivity index (χ3n) is 3.57. The van der Waals surface area contributed by atoms with Crippen LogP contribution in [0.4, 0.5) is 0 Å². The number of ether oxygens (including phenoxy) is 2. The van der Waals surface area contributed by atoms with Crippen LogP contribution in [0.25, 0.3) is 0 Å². The summed E-state index contributed by atoms with van der Waals surface area (Å²) >= 11 is 0. The van der Waals surface area contributed by atoms with Crippen LogP contribution in [-0.4, -0.2) is 25.2 Å². The molecule has 3 rings (SSSR count). The van der Waals surface area contributed by atoms with Crippen molar-refractivity contribution in [3.8, 4) is 11.5 Å². The lowest BCUT2D eigenvalue weighted by Crippen LogP contribution is -2.26. The Kier molecular flexibility index (Phi) is 3.32. The molecule has 1 aromatic carbocycles. The van der Waals surface area contributed by atoms with Gasteiger partial charge in [-0.15, -0.1) is 0 Å². The van der Waals surface area contributed by atoms with Crippen LogP contribution in [0.15, 0.2) is 18.2 Å². The number of fused-ring (bicyclic) bond motifs is 1. The summed E-state index contributed by atoms with van der Waals surface area (Å²) in [5.41, 5.74) is 1.12. The monoisotopic (exact) mass is 261 g/mol. The average molecular weight is 261 g/mol. The zero-order chi connectivity index (χ0) is 13.2. The summed E-state index contributed by atoms with van der Waals surface area (Å²) in [4.78, 5) is 11.8. The molecule has 1 atom stereocenters. The smallest absolute Gasteiger partial charge is 0.220 e. The zero-order valence-electron chi connectivity index (χ0n) is 11.1. The Morgan fingerprint density at radius 2 is 2.05 bits per heavy atom. The maximum Gasteiger partial charge on any atom is 0.220 e. The van der Waals surface area contributed by atoms with E-state index in [0.717, 1.165) is 29.9 Å². The third-order valence-corrected chi connectivity index (χ3v) is 3.57. The molecule has 1 N–H and O–H groups in total. The molecule has 0 saturated heterocycles. The molecule has 0 spiro atoms. The minimum Gasteiger partial charge on any atom is -0.486 e. The molecule has 0 radical (unpaired) electrons. The number of rotatable bonds is 4. The van der Waals surface area contributed by atoms with Crippen molar-refractivity contribution >= 4 is 5.91 Å². The fraction of sp³-hybridized carbons (Fsp3) is 0.533. The van der Waals surface area contributed by atoms with Gasteiger partial charge in [0.1, 0.15) is 13.2 Å². The number of carbonyl (C=O) groups excluding carboxylic acids is 1. The molecule has 4 heteroatoms. The second kappa shape index (κ2) is 5.11. The lowest BCUT2D eigenvalue weighted by Gasteiger charge is -2.20. The van der Waals surface area contributed by atoms with Crippen LogP contribution in [0, 0.1) is 0 Å². The highest BCUT2D eigenvalue weighted by molar-refractivity contribution is 5.77. The first-order chi connectivity index (χ1) is 9.22. The van der Waals surface area contributed by atoms with E-state index in [-0.39, 0.29) is 11.8 Å². The molecule has 4 nitrogen and oxygen atoms in total. The van der Waals surface area contributed by atoms with Crippen molar-refractivity contribution < 1.29 is 14.3 Å². The lowest BCUT2D eigenvalue weighted by molar-refractivity contribution is -0.121. The average Bonchev–Trinajstić information content (AvgIpc) is 3.21. The Morgan fingerprint density at radius 3 is 2.79 bits per heavy atom. The van der Waals surface area contributed by atoms with Gasteiger partial charge in [-0.2, -0.15) is 0 Å². The van der Waals surface area contributed by atoms with E-state index in [1.165, 1.54) is 0 Å². The van der Waals surface area contributed by atoms with Crippen molar-refractivity contribution in [2.24, 2.45) is 0 Å². The summed E-state index contributed by atoms with van der Waals surface area (Å²) in [7, 11) is 0. The predicted octanol–water partition coefficient (Wildman–Crippen LogP) is 2.23. The maximum absolute atomic E-state index is 11.8. The van der Waals surface area contributed by atoms with Gasteiger partial charge in [0, 0.05) is 12.5 Å². The number of nitrogens with one attached hydrogen (secondary N) is 1. The van der Waals surface area contributed by atoms with Crippen molar-refractivity contribution in [1.82, 2.24) is 5.32 Å². The summed E-state index contributed by atoms with van der Waals surface area (Å²) in [5.74, 6) is 1.92. The fourth-order valence-corrected chi connectivity index (χ4v) is 2.28. The van der Waals surface area contributed by atoms with E-state index in [9.17, 15) is 4.79 Å². The van der Waals surface area contributed by atoms with Gasteiger partial charge in [-0.05, 0) is 36.5 Å². The van der Waals surface area contributed by atoms with Gasteiger partial charge >= 0.3 is 0 Å². The number of benzene rings is 1. The first-order valence-electron chi connectivity index (χ1n) is 6.91. The van der Waals surface area contributed by atoms with Gasteiger partial charge in [0.15, 0.2) is 11.5 Å². The van der Waals surface area contributed by atoms with Crippen LogP contribution in [0.1, 0.15) is 37.7 Å². The van der Waals surface area contributed by atoms with E-state index in [0.29, 0.717) is 25.7 Å². The molecule has 1 fully saturated rings. The van der Waals surface area contributed by atoms with Crippen molar-refractivity contribution in [2.75, 3.05) is 13.2 Å². The minimum absolute atomic E-state index is 0.143. The quantitative estimate of drug-likeness (QED) is 0.904. The molecule has 0 bridgehead atoms. The summed E-state index contributed by atoms with van der Waals surface area (Å²) in [5, 5.41) is 3.02. The van der Waals surface area contributed by atoms with Crippen molar-refractivity contribution in [1.29, 1.82) is 0 Å². The van der Waals surface area contributed by atoms with Gasteiger partial charge in [0.25, 0.3) is 0 Å². The molecular formula is C15H19NO3. The molecule has 1 amide bonds. The van der Waals surface area contributed by atoms with E-state index < -0.39 is 0 Å². The van der Waals surface area contributed by atoms with Gasteiger partial charge in [-0.1, -0.05) is 13.0 Å². The van der Waals surface area contributed by atoms with E-state index >= 15 is 0 Å². The van der Waals surface area contributed by atoms with Crippen molar-refractivity contribution in [2.45, 2.75) is 38.1 Å². The summed E-state index contributed by atoms with van der Waals surface area (Å²) < 4.78 is 11.1. The Balaban J connectivity index is 1.65. The Bertz CT molecular complexity index is 482. The van der Waals surface area contributed by atoms with Crippen LogP contribution < -0.4 is 14.8 Å². The fourth-order valence-electron chi connectivity index (χ4n) is 2.28. The molecule has 1 aliphatic heterocycles. The van der Waals surface area contributed by atoms with Crippen LogP contribution >= 0.6 is 0 Å². The molecule has 0 aromatic heterocycles. The van der Waals surface area contributed by atoms with Gasteiger partial charge in [-0.25, -0.2) is 0 Å². The molecular weight excluding hydrogens is 242 g/mol. The first-order valence-corrected chi connectivity index (χ1v) is 6.91. The van der Waals surface area contributed by atoms with Crippen LogP contribution in [0.3, 0.4) is 0 Å². The van der Waals surface area contributed by atoms with E-state index in [1.54, 1.807) is 0 Å². The highest BCUT2D eigenvalue weighted by Gasteiger charge is 2.24. The van der Waals surface area contributed by atoms with Crippen LogP contribution in [0.5, 0.6) is 11.5 Å². The normalized spacial score (nSPS) is 18.8. The van der Waals surface area contributed by atoms with Gasteiger partial charge in [0.2, 0.25) is 5.91 Å². The van der Waals surface area contributed by atoms with E-state index in [4.69, 9.17) is 9.47 Å². The highest BCUT2D eigenvalue weighted by Crippen LogP contribution is 2.33. The Morgan fingerprint density at radius 1 is 1.32 bits per heavy atom. The standard InChI is InChI=1S/C15H19NO3/c1-10(8-15(17)16-12-3-4-12)11-2-5-13-14(9-11)19-7-6-18-13/h2,5,9-10,12H,3-4,6-8H2,1H3,(H,16,17). The zero-order valence-corrected chi connectivity index (χ0v) is 11.1. The predicted molar refractivity (Wildman–Crippen MR) is 71.6 cm³/mol. The van der Waals surface area contributed by atoms with E-state index in [2.05, 4.69) is 12.2 Å². The van der Waals surface area contributed by atoms with Gasteiger partial charge < -0.3 is 14.8 Å². The second-order valence-corrected chi connectivity index (χ2v) is 5.35. The van der Waals surface area contributed by atoms with Gasteiger partial charge in [0.05, 0.1) is 0 Å². The van der Waals surface area contributed by atoms with E-state index in [1.807, 2.05) is 18.2 Å². The maximum atomic E-state index is 11.8. The lowest BCUT2D eigenvalue weighted by atomic mass is 9.97. The topological polar surface area (TPSA) is 47.6 Å². The molecule has 1 heterocycles. The minimum atomic E-state index is 0.143. The summed E-state index contributed by atoms with van der Waals surface area (Å²) in [6.45, 7) is 3.26. The third kappa shape index (κ3) is 3.00. The first kappa shape index (κ1) is 12.3. The summed E-state index contributed by atoms with van der Waals surface area (Å²) in [6.07, 6.45) is 2.78. The van der Waals surface area contributed by atoms with Crippen molar-refractivity contribution in [3.63, 3.8) is 0 Å². The molecule has 19 heavy (non-hydrogen) atoms. The number of carbonyl (C=O) groups is 1. The molecule has 1 aromatic rings. The molecule has 2 aliphatic rings. The summed E-state index contributed by atoms with van der Waals surface area (Å²) in [6, 6.07) is 6.37. The second-order valence-electron chi connectivity index (χ2n) is 5.35. The number of hydrogen-bond acceptors (Lipinski definition) is 3. The van der Waals surface area contributed by atoms with Crippen LogP contribution in [0.2, 0.25) is 0 Å². The molecule has 1 saturated carbocycles. The number of hydrogen-bond donors (Lipinski definition) is 1. The Labute approximate surface area is 113 Å². The highest BCUT2D eigenvalue weighted by atomic mass is 16.6. The number of amides is 1. The molecule has 102 valence electrons. The molecule has 1 aliphatic carbocycles. The van der Waals surface area contributed by atoms with Gasteiger partial charge in [-0.3, -0.25) is 4.79 Å².